The number of hydrogen-bond acceptors (Lipinski definition) is 5. The van der Waals surface area contributed by atoms with Gasteiger partial charge >= 0.3 is 0 Å². The Morgan fingerprint density at radius 2 is 2.15 bits per heavy atom. The highest BCUT2D eigenvalue weighted by Crippen LogP contribution is 2.34. The monoisotopic (exact) mass is 280 g/mol. The van der Waals surface area contributed by atoms with E-state index in [2.05, 4.69) is 29.3 Å². The highest BCUT2D eigenvalue weighted by molar-refractivity contribution is 5.45. The molecule has 1 heterocycles. The molecule has 1 N–H and O–H groups in total. The van der Waals surface area contributed by atoms with E-state index in [9.17, 15) is 0 Å². The van der Waals surface area contributed by atoms with Crippen molar-refractivity contribution in [3.05, 3.63) is 23.8 Å². The summed E-state index contributed by atoms with van der Waals surface area (Å²) in [5, 5.41) is 3.37. The van der Waals surface area contributed by atoms with E-state index in [-0.39, 0.29) is 6.04 Å². The second kappa shape index (κ2) is 7.47. The molecule has 1 aromatic rings. The number of hydrogen-bond donors (Lipinski definition) is 1. The third-order valence-corrected chi connectivity index (χ3v) is 3.65. The quantitative estimate of drug-likeness (QED) is 0.784. The Balaban J connectivity index is 2.03. The van der Waals surface area contributed by atoms with Crippen LogP contribution in [0.1, 0.15) is 18.5 Å². The second-order valence-corrected chi connectivity index (χ2v) is 4.84. The molecular weight excluding hydrogens is 256 g/mol. The van der Waals surface area contributed by atoms with Gasteiger partial charge in [0, 0.05) is 26.2 Å². The Labute approximate surface area is 120 Å². The number of fused-ring (bicyclic) bond motifs is 1. The Kier molecular flexibility index (Phi) is 5.64. The van der Waals surface area contributed by atoms with Crippen LogP contribution in [0.3, 0.4) is 0 Å². The van der Waals surface area contributed by atoms with Crippen molar-refractivity contribution in [2.24, 2.45) is 0 Å². The summed E-state index contributed by atoms with van der Waals surface area (Å²) in [6, 6.07) is 6.40. The molecule has 0 aliphatic carbocycles. The van der Waals surface area contributed by atoms with Gasteiger partial charge in [-0.25, -0.2) is 0 Å². The lowest BCUT2D eigenvalue weighted by molar-refractivity contribution is 0.144. The number of nitrogens with zero attached hydrogens (tertiary/aromatic N) is 1. The van der Waals surface area contributed by atoms with Gasteiger partial charge in [-0.05, 0) is 31.3 Å². The van der Waals surface area contributed by atoms with Crippen molar-refractivity contribution in [2.75, 3.05) is 47.2 Å². The third kappa shape index (κ3) is 3.62. The molecule has 1 atom stereocenters. The van der Waals surface area contributed by atoms with Crippen molar-refractivity contribution in [2.45, 2.75) is 13.0 Å². The van der Waals surface area contributed by atoms with Crippen LogP contribution in [-0.2, 0) is 4.74 Å². The van der Waals surface area contributed by atoms with Crippen LogP contribution >= 0.6 is 0 Å². The predicted molar refractivity (Wildman–Crippen MR) is 78.4 cm³/mol. The topological polar surface area (TPSA) is 43.0 Å². The van der Waals surface area contributed by atoms with Gasteiger partial charge in [-0.1, -0.05) is 13.0 Å². The minimum absolute atomic E-state index is 0.265. The zero-order valence-corrected chi connectivity index (χ0v) is 12.5. The normalized spacial score (nSPS) is 14.8. The summed E-state index contributed by atoms with van der Waals surface area (Å²) in [5.74, 6) is 1.66. The van der Waals surface area contributed by atoms with E-state index >= 15 is 0 Å². The first-order chi connectivity index (χ1) is 9.78. The van der Waals surface area contributed by atoms with Gasteiger partial charge in [0.1, 0.15) is 0 Å². The van der Waals surface area contributed by atoms with Gasteiger partial charge in [0.15, 0.2) is 11.5 Å². The first-order valence-electron chi connectivity index (χ1n) is 7.06. The van der Waals surface area contributed by atoms with Crippen LogP contribution in [0.2, 0.25) is 0 Å². The van der Waals surface area contributed by atoms with Gasteiger partial charge in [0.05, 0.1) is 6.61 Å². The summed E-state index contributed by atoms with van der Waals surface area (Å²) in [4.78, 5) is 2.37. The molecule has 0 saturated carbocycles. The van der Waals surface area contributed by atoms with E-state index in [1.165, 1.54) is 5.56 Å². The summed E-state index contributed by atoms with van der Waals surface area (Å²) in [6.45, 7) is 6.13. The van der Waals surface area contributed by atoms with Crippen LogP contribution in [0.4, 0.5) is 0 Å². The van der Waals surface area contributed by atoms with Crippen LogP contribution in [-0.4, -0.2) is 52.1 Å². The number of likely N-dealkylation sites (N-methyl/N-ethyl adjacent to an activating group) is 2. The molecule has 0 radical (unpaired) electrons. The fraction of sp³-hybridized carbons (Fsp3) is 0.600. The number of nitrogens with one attached hydrogen (secondary N) is 1. The Morgan fingerprint density at radius 3 is 2.85 bits per heavy atom. The third-order valence-electron chi connectivity index (χ3n) is 3.65. The van der Waals surface area contributed by atoms with Gasteiger partial charge in [-0.2, -0.15) is 0 Å². The van der Waals surface area contributed by atoms with Crippen LogP contribution in [0, 0.1) is 0 Å². The smallest absolute Gasteiger partial charge is 0.231 e. The molecule has 0 bridgehead atoms. The molecule has 2 rings (SSSR count). The van der Waals surface area contributed by atoms with Crippen LogP contribution in [0.15, 0.2) is 18.2 Å². The van der Waals surface area contributed by atoms with Gasteiger partial charge in [0.2, 0.25) is 6.79 Å². The summed E-state index contributed by atoms with van der Waals surface area (Å²) in [6.07, 6.45) is 0. The van der Waals surface area contributed by atoms with Crippen LogP contribution in [0.5, 0.6) is 11.5 Å². The lowest BCUT2D eigenvalue weighted by Gasteiger charge is -2.26. The second-order valence-electron chi connectivity index (χ2n) is 4.84. The SMILES string of the molecule is CCN(CCOC)CC(NC)c1ccc2c(c1)OCO2. The zero-order chi connectivity index (χ0) is 14.4. The number of ether oxygens (including phenoxy) is 3. The maximum absolute atomic E-state index is 5.45. The number of methoxy groups -OCH3 is 1. The average Bonchev–Trinajstić information content (AvgIpc) is 2.95. The maximum Gasteiger partial charge on any atom is 0.231 e. The lowest BCUT2D eigenvalue weighted by atomic mass is 10.1. The molecule has 0 fully saturated rings. The molecule has 0 amide bonds. The predicted octanol–water partition coefficient (Wildman–Crippen LogP) is 1.64. The highest BCUT2D eigenvalue weighted by Gasteiger charge is 2.18. The Hall–Kier alpha value is -1.30. The highest BCUT2D eigenvalue weighted by atomic mass is 16.7. The van der Waals surface area contributed by atoms with Crippen LogP contribution < -0.4 is 14.8 Å². The van der Waals surface area contributed by atoms with E-state index in [1.807, 2.05) is 13.1 Å². The minimum atomic E-state index is 0.265. The van der Waals surface area contributed by atoms with Crippen LogP contribution in [0.25, 0.3) is 0 Å². The van der Waals surface area contributed by atoms with Gasteiger partial charge in [-0.15, -0.1) is 0 Å². The first-order valence-corrected chi connectivity index (χ1v) is 7.06. The maximum atomic E-state index is 5.45. The standard InChI is InChI=1S/C15H24N2O3/c1-4-17(7-8-18-3)10-13(16-2)12-5-6-14-15(9-12)20-11-19-14/h5-6,9,13,16H,4,7-8,10-11H2,1-3H3. The average molecular weight is 280 g/mol. The van der Waals surface area contributed by atoms with Crippen molar-refractivity contribution in [1.82, 2.24) is 10.2 Å². The summed E-state index contributed by atoms with van der Waals surface area (Å²) in [5.41, 5.74) is 1.22. The van der Waals surface area contributed by atoms with E-state index in [1.54, 1.807) is 7.11 Å². The van der Waals surface area contributed by atoms with Gasteiger partial charge in [-0.3, -0.25) is 4.90 Å². The van der Waals surface area contributed by atoms with E-state index in [0.29, 0.717) is 6.79 Å². The van der Waals surface area contributed by atoms with Crippen molar-refractivity contribution in [3.63, 3.8) is 0 Å². The zero-order valence-electron chi connectivity index (χ0n) is 12.5. The van der Waals surface area contributed by atoms with Crippen molar-refractivity contribution in [1.29, 1.82) is 0 Å². The first kappa shape index (κ1) is 15.1. The molecule has 0 aromatic heterocycles. The Morgan fingerprint density at radius 1 is 1.35 bits per heavy atom. The molecule has 5 nitrogen and oxygen atoms in total. The molecule has 20 heavy (non-hydrogen) atoms. The van der Waals surface area contributed by atoms with E-state index in [0.717, 1.165) is 37.7 Å². The largest absolute Gasteiger partial charge is 0.454 e. The van der Waals surface area contributed by atoms with Crippen molar-refractivity contribution in [3.8, 4) is 11.5 Å². The summed E-state index contributed by atoms with van der Waals surface area (Å²) >= 11 is 0. The molecule has 112 valence electrons. The Bertz CT molecular complexity index is 426. The fourth-order valence-electron chi connectivity index (χ4n) is 2.35. The molecule has 0 saturated heterocycles. The molecule has 0 spiro atoms. The minimum Gasteiger partial charge on any atom is -0.454 e. The van der Waals surface area contributed by atoms with Crippen molar-refractivity contribution < 1.29 is 14.2 Å². The van der Waals surface area contributed by atoms with E-state index < -0.39 is 0 Å². The van der Waals surface area contributed by atoms with Gasteiger partial charge < -0.3 is 19.5 Å². The fourth-order valence-corrected chi connectivity index (χ4v) is 2.35. The molecule has 1 aliphatic heterocycles. The lowest BCUT2D eigenvalue weighted by Crippen LogP contribution is -2.35. The van der Waals surface area contributed by atoms with Crippen molar-refractivity contribution >= 4 is 0 Å². The summed E-state index contributed by atoms with van der Waals surface area (Å²) < 4.78 is 16.0. The van der Waals surface area contributed by atoms with E-state index in [4.69, 9.17) is 14.2 Å². The molecule has 1 aromatic carbocycles. The molecule has 1 unspecified atom stereocenters. The summed E-state index contributed by atoms with van der Waals surface area (Å²) in [7, 11) is 3.72. The number of rotatable bonds is 8. The molecule has 1 aliphatic rings. The number of benzene rings is 1. The molecule has 5 heteroatoms. The van der Waals surface area contributed by atoms with Gasteiger partial charge in [0.25, 0.3) is 0 Å². The molecular formula is C15H24N2O3.